The summed E-state index contributed by atoms with van der Waals surface area (Å²) in [6.45, 7) is 20.0. The number of amides is 3. The zero-order valence-electron chi connectivity index (χ0n) is 26.6. The predicted molar refractivity (Wildman–Crippen MR) is 161 cm³/mol. The van der Waals surface area contributed by atoms with Crippen LogP contribution in [0.4, 0.5) is 0 Å². The number of aryl methyl sites for hydroxylation is 1. The number of carbonyl (C=O) groups excluding carboxylic acids is 3. The van der Waals surface area contributed by atoms with Crippen LogP contribution < -0.4 is 10.6 Å². The number of hydrogen-bond acceptors (Lipinski definition) is 5. The standard InChI is InChI=1S/C32H52N4O4/c1-21(2)25(20-23(4)29(38)36-15-17-40-18-16-36)35(11)30(39)27(31(5,6)7)34-28(37)26(33-10)32(8,9)24-14-12-13-22(3)19-24/h12-14,19-21,25-27,33H,15-18H2,1-11H3,(H,34,37)/t25-,26-,27-/m1/s1. The van der Waals surface area contributed by atoms with Crippen molar-refractivity contribution in [2.75, 3.05) is 40.4 Å². The highest BCUT2D eigenvalue weighted by molar-refractivity contribution is 5.94. The third-order valence-corrected chi connectivity index (χ3v) is 7.97. The van der Waals surface area contributed by atoms with E-state index in [9.17, 15) is 14.4 Å². The van der Waals surface area contributed by atoms with Gasteiger partial charge < -0.3 is 25.2 Å². The number of benzene rings is 1. The van der Waals surface area contributed by atoms with Crippen molar-refractivity contribution in [1.82, 2.24) is 20.4 Å². The van der Waals surface area contributed by atoms with Gasteiger partial charge in [-0.25, -0.2) is 0 Å². The van der Waals surface area contributed by atoms with E-state index in [4.69, 9.17) is 4.74 Å². The number of carbonyl (C=O) groups is 3. The smallest absolute Gasteiger partial charge is 0.249 e. The third-order valence-electron chi connectivity index (χ3n) is 7.97. The number of hydrogen-bond donors (Lipinski definition) is 2. The minimum absolute atomic E-state index is 0.0364. The second kappa shape index (κ2) is 13.8. The van der Waals surface area contributed by atoms with Gasteiger partial charge in [-0.1, -0.05) is 84.4 Å². The van der Waals surface area contributed by atoms with E-state index in [1.165, 1.54) is 0 Å². The number of nitrogens with one attached hydrogen (secondary N) is 2. The summed E-state index contributed by atoms with van der Waals surface area (Å²) in [5.74, 6) is -0.398. The molecule has 40 heavy (non-hydrogen) atoms. The molecule has 8 nitrogen and oxygen atoms in total. The van der Waals surface area contributed by atoms with E-state index in [0.717, 1.165) is 11.1 Å². The molecule has 1 aromatic rings. The van der Waals surface area contributed by atoms with E-state index in [1.54, 1.807) is 30.8 Å². The average Bonchev–Trinajstić information content (AvgIpc) is 2.88. The van der Waals surface area contributed by atoms with Crippen LogP contribution in [0.1, 0.15) is 66.5 Å². The maximum Gasteiger partial charge on any atom is 0.249 e. The molecule has 1 aliphatic rings. The molecule has 2 N–H and O–H groups in total. The van der Waals surface area contributed by atoms with Crippen LogP contribution in [0.2, 0.25) is 0 Å². The summed E-state index contributed by atoms with van der Waals surface area (Å²) in [6.07, 6.45) is 1.89. The fourth-order valence-electron chi connectivity index (χ4n) is 5.35. The van der Waals surface area contributed by atoms with Crippen LogP contribution in [-0.2, 0) is 24.5 Å². The Morgan fingerprint density at radius 2 is 1.65 bits per heavy atom. The number of nitrogens with zero attached hydrogens (tertiary/aromatic N) is 2. The lowest BCUT2D eigenvalue weighted by molar-refractivity contribution is -0.141. The Hall–Kier alpha value is -2.71. The van der Waals surface area contributed by atoms with Gasteiger partial charge in [0.15, 0.2) is 0 Å². The number of morpholine rings is 1. The highest BCUT2D eigenvalue weighted by Crippen LogP contribution is 2.29. The number of likely N-dealkylation sites (N-methyl/N-ethyl adjacent to an activating group) is 2. The topological polar surface area (TPSA) is 91.0 Å². The third kappa shape index (κ3) is 8.16. The van der Waals surface area contributed by atoms with Crippen molar-refractivity contribution >= 4 is 17.7 Å². The van der Waals surface area contributed by atoms with Gasteiger partial charge >= 0.3 is 0 Å². The van der Waals surface area contributed by atoms with Crippen LogP contribution in [0.15, 0.2) is 35.9 Å². The molecule has 3 amide bonds. The summed E-state index contributed by atoms with van der Waals surface area (Å²) in [4.78, 5) is 44.4. The van der Waals surface area contributed by atoms with Crippen molar-refractivity contribution < 1.29 is 19.1 Å². The molecular weight excluding hydrogens is 504 g/mol. The predicted octanol–water partition coefficient (Wildman–Crippen LogP) is 3.68. The molecule has 224 valence electrons. The van der Waals surface area contributed by atoms with Gasteiger partial charge in [0, 0.05) is 31.1 Å². The Morgan fingerprint density at radius 3 is 2.15 bits per heavy atom. The van der Waals surface area contributed by atoms with E-state index in [2.05, 4.69) is 16.7 Å². The van der Waals surface area contributed by atoms with Crippen LogP contribution in [0.3, 0.4) is 0 Å². The SMILES string of the molecule is CN[C@H](C(=O)N[C@H](C(=O)N(C)[C@H](C=C(C)C(=O)N1CCOCC1)C(C)C)C(C)(C)C)C(C)(C)c1cccc(C)c1. The maximum absolute atomic E-state index is 14.0. The van der Waals surface area contributed by atoms with Crippen LogP contribution in [0.25, 0.3) is 0 Å². The average molecular weight is 557 g/mol. The summed E-state index contributed by atoms with van der Waals surface area (Å²) < 4.78 is 5.38. The Kier molecular flexibility index (Phi) is 11.5. The Balaban J connectivity index is 2.32. The van der Waals surface area contributed by atoms with Crippen molar-refractivity contribution in [2.45, 2.75) is 85.9 Å². The summed E-state index contributed by atoms with van der Waals surface area (Å²) in [7, 11) is 3.53. The molecule has 0 aliphatic carbocycles. The van der Waals surface area contributed by atoms with Crippen molar-refractivity contribution in [3.63, 3.8) is 0 Å². The fraction of sp³-hybridized carbons (Fsp3) is 0.656. The normalized spacial score (nSPS) is 17.3. The van der Waals surface area contributed by atoms with E-state index in [1.807, 2.05) is 79.7 Å². The van der Waals surface area contributed by atoms with Crippen LogP contribution in [0, 0.1) is 18.3 Å². The van der Waals surface area contributed by atoms with Gasteiger partial charge in [-0.2, -0.15) is 0 Å². The molecule has 1 heterocycles. The molecule has 2 rings (SSSR count). The van der Waals surface area contributed by atoms with E-state index in [0.29, 0.717) is 31.9 Å². The molecule has 0 spiro atoms. The lowest BCUT2D eigenvalue weighted by Gasteiger charge is -2.40. The van der Waals surface area contributed by atoms with Crippen LogP contribution >= 0.6 is 0 Å². The lowest BCUT2D eigenvalue weighted by atomic mass is 9.76. The largest absolute Gasteiger partial charge is 0.378 e. The highest BCUT2D eigenvalue weighted by Gasteiger charge is 2.41. The second-order valence-electron chi connectivity index (χ2n) is 13.1. The molecule has 0 radical (unpaired) electrons. The fourth-order valence-corrected chi connectivity index (χ4v) is 5.35. The van der Waals surface area contributed by atoms with E-state index >= 15 is 0 Å². The van der Waals surface area contributed by atoms with E-state index < -0.39 is 22.9 Å². The Bertz CT molecular complexity index is 1070. The number of rotatable bonds is 10. The molecule has 1 saturated heterocycles. The molecule has 0 bridgehead atoms. The molecule has 0 aromatic heterocycles. The quantitative estimate of drug-likeness (QED) is 0.429. The van der Waals surface area contributed by atoms with E-state index in [-0.39, 0.29) is 29.7 Å². The van der Waals surface area contributed by atoms with Crippen molar-refractivity contribution in [3.05, 3.63) is 47.0 Å². The minimum atomic E-state index is -0.765. The molecule has 1 aromatic carbocycles. The van der Waals surface area contributed by atoms with Gasteiger partial charge in [-0.15, -0.1) is 0 Å². The summed E-state index contributed by atoms with van der Waals surface area (Å²) in [6, 6.07) is 6.52. The van der Waals surface area contributed by atoms with Crippen LogP contribution in [-0.4, -0.2) is 86.0 Å². The minimum Gasteiger partial charge on any atom is -0.378 e. The van der Waals surface area contributed by atoms with Crippen molar-refractivity contribution in [1.29, 1.82) is 0 Å². The first-order chi connectivity index (χ1) is 18.5. The summed E-state index contributed by atoms with van der Waals surface area (Å²) >= 11 is 0. The highest BCUT2D eigenvalue weighted by atomic mass is 16.5. The molecule has 1 aliphatic heterocycles. The zero-order valence-corrected chi connectivity index (χ0v) is 26.6. The molecule has 0 saturated carbocycles. The first-order valence-corrected chi connectivity index (χ1v) is 14.4. The van der Waals surface area contributed by atoms with Crippen LogP contribution in [0.5, 0.6) is 0 Å². The number of ether oxygens (including phenoxy) is 1. The van der Waals surface area contributed by atoms with Gasteiger partial charge in [-0.05, 0) is 37.8 Å². The zero-order chi connectivity index (χ0) is 30.4. The first kappa shape index (κ1) is 33.5. The second-order valence-corrected chi connectivity index (χ2v) is 13.1. The molecule has 1 fully saturated rings. The van der Waals surface area contributed by atoms with Gasteiger partial charge in [-0.3, -0.25) is 14.4 Å². The molecule has 8 heteroatoms. The van der Waals surface area contributed by atoms with Gasteiger partial charge in [0.05, 0.1) is 25.3 Å². The van der Waals surface area contributed by atoms with Crippen molar-refractivity contribution in [3.8, 4) is 0 Å². The molecule has 0 unspecified atom stereocenters. The van der Waals surface area contributed by atoms with Gasteiger partial charge in [0.1, 0.15) is 6.04 Å². The molecule has 3 atom stereocenters. The van der Waals surface area contributed by atoms with Gasteiger partial charge in [0.2, 0.25) is 17.7 Å². The lowest BCUT2D eigenvalue weighted by Crippen LogP contribution is -2.61. The Morgan fingerprint density at radius 1 is 1.05 bits per heavy atom. The monoisotopic (exact) mass is 556 g/mol. The Labute approximate surface area is 241 Å². The molecular formula is C32H52N4O4. The van der Waals surface area contributed by atoms with Gasteiger partial charge in [0.25, 0.3) is 0 Å². The summed E-state index contributed by atoms with van der Waals surface area (Å²) in [5.41, 5.74) is 1.70. The maximum atomic E-state index is 14.0. The first-order valence-electron chi connectivity index (χ1n) is 14.4. The van der Waals surface area contributed by atoms with Crippen molar-refractivity contribution in [2.24, 2.45) is 11.3 Å². The summed E-state index contributed by atoms with van der Waals surface area (Å²) in [5, 5.41) is 6.30.